The van der Waals surface area contributed by atoms with Crippen molar-refractivity contribution < 1.29 is 35.2 Å². The van der Waals surface area contributed by atoms with E-state index in [4.69, 9.17) is 6.57 Å². The molecule has 3 heterocycles. The maximum absolute atomic E-state index is 13.8. The van der Waals surface area contributed by atoms with Crippen LogP contribution in [0.15, 0.2) is 17.0 Å². The van der Waals surface area contributed by atoms with Gasteiger partial charge in [0.2, 0.25) is 15.9 Å². The van der Waals surface area contributed by atoms with E-state index in [1.165, 1.54) is 6.07 Å². The van der Waals surface area contributed by atoms with E-state index in [9.17, 15) is 35.2 Å². The number of rotatable bonds is 8. The lowest BCUT2D eigenvalue weighted by molar-refractivity contribution is -0.142. The molecule has 18 heteroatoms. The topological polar surface area (TPSA) is 118 Å². The Morgan fingerprint density at radius 3 is 2.47 bits per heavy atom. The van der Waals surface area contributed by atoms with Crippen LogP contribution in [0.1, 0.15) is 45.0 Å². The summed E-state index contributed by atoms with van der Waals surface area (Å²) < 4.78 is 98.0. The van der Waals surface area contributed by atoms with E-state index in [0.29, 0.717) is 28.9 Å². The minimum absolute atomic E-state index is 0.0694. The van der Waals surface area contributed by atoms with Crippen LogP contribution in [0, 0.1) is 12.5 Å². The van der Waals surface area contributed by atoms with Crippen molar-refractivity contribution in [3.63, 3.8) is 0 Å². The summed E-state index contributed by atoms with van der Waals surface area (Å²) in [4.78, 5) is 19.1. The molecule has 0 unspecified atom stereocenters. The van der Waals surface area contributed by atoms with Crippen molar-refractivity contribution in [2.75, 3.05) is 24.5 Å². The number of piperazine rings is 1. The molecule has 1 atom stereocenters. The molecule has 1 saturated carbocycles. The summed E-state index contributed by atoms with van der Waals surface area (Å²) in [6.07, 6.45) is -7.13. The normalized spacial score (nSPS) is 19.0. The largest absolute Gasteiger partial charge is 0.408 e. The Balaban J connectivity index is 1.71. The smallest absolute Gasteiger partial charge is 0.366 e. The number of nitrogens with zero attached hydrogens (tertiary/aromatic N) is 7. The molecular formula is C25H27F5N8O3S2. The van der Waals surface area contributed by atoms with Crippen LogP contribution in [0.2, 0.25) is 0 Å². The molecule has 1 aliphatic heterocycles. The Bertz CT molecular complexity index is 1710. The zero-order valence-corrected chi connectivity index (χ0v) is 24.8. The second-order valence-electron chi connectivity index (χ2n) is 10.9. The van der Waals surface area contributed by atoms with E-state index in [-0.39, 0.29) is 69.7 Å². The third-order valence-corrected chi connectivity index (χ3v) is 9.72. The molecule has 1 N–H and O–H groups in total. The van der Waals surface area contributed by atoms with Crippen molar-refractivity contribution in [1.82, 2.24) is 29.6 Å². The van der Waals surface area contributed by atoms with Gasteiger partial charge in [0.1, 0.15) is 12.2 Å². The molecule has 2 aromatic heterocycles. The maximum Gasteiger partial charge on any atom is 0.408 e. The first-order valence-electron chi connectivity index (χ1n) is 13.3. The molecule has 43 heavy (non-hydrogen) atoms. The maximum atomic E-state index is 13.8. The number of anilines is 1. The van der Waals surface area contributed by atoms with E-state index in [1.807, 2.05) is 0 Å². The highest BCUT2D eigenvalue weighted by Crippen LogP contribution is 2.42. The van der Waals surface area contributed by atoms with Gasteiger partial charge in [-0.15, -0.1) is 14.9 Å². The van der Waals surface area contributed by atoms with E-state index in [0.717, 1.165) is 6.07 Å². The van der Waals surface area contributed by atoms with Crippen molar-refractivity contribution in [3.05, 3.63) is 28.6 Å². The van der Waals surface area contributed by atoms with Gasteiger partial charge in [0.05, 0.1) is 28.9 Å². The molecule has 3 aromatic rings. The summed E-state index contributed by atoms with van der Waals surface area (Å²) in [5.41, 5.74) is -1.53. The van der Waals surface area contributed by atoms with Gasteiger partial charge in [-0.05, 0) is 19.1 Å². The number of nitrogens with one attached hydrogen (secondary N) is 1. The number of carbonyl (C=O) groups excluding carboxylic acids is 1. The molecule has 1 aromatic carbocycles. The molecule has 5 rings (SSSR count). The fourth-order valence-corrected chi connectivity index (χ4v) is 7.13. The Hall–Kier alpha value is -3.43. The number of hydrogen-bond donors (Lipinski definition) is 1. The number of fused-ring (bicyclic) bond motifs is 1. The van der Waals surface area contributed by atoms with E-state index >= 15 is 0 Å². The number of carbonyl (C=O) groups is 1. The number of benzene rings is 1. The molecule has 2 aliphatic rings. The molecule has 232 valence electrons. The van der Waals surface area contributed by atoms with E-state index < -0.39 is 39.8 Å². The Morgan fingerprint density at radius 1 is 1.23 bits per heavy atom. The van der Waals surface area contributed by atoms with Crippen LogP contribution < -0.4 is 9.62 Å². The molecule has 2 fully saturated rings. The first-order chi connectivity index (χ1) is 20.0. The molecule has 0 bridgehead atoms. The zero-order chi connectivity index (χ0) is 31.5. The van der Waals surface area contributed by atoms with Gasteiger partial charge in [0.25, 0.3) is 12.1 Å². The van der Waals surface area contributed by atoms with Crippen LogP contribution >= 0.6 is 11.3 Å². The fourth-order valence-electron chi connectivity index (χ4n) is 5.03. The van der Waals surface area contributed by atoms with Gasteiger partial charge in [-0.1, -0.05) is 25.2 Å². The number of sulfonamides is 1. The van der Waals surface area contributed by atoms with Crippen LogP contribution in [0.5, 0.6) is 0 Å². The van der Waals surface area contributed by atoms with Crippen LogP contribution in [-0.2, 0) is 21.4 Å². The Morgan fingerprint density at radius 2 is 1.93 bits per heavy atom. The summed E-state index contributed by atoms with van der Waals surface area (Å²) >= 11 is 0.433. The lowest BCUT2D eigenvalue weighted by Gasteiger charge is -2.42. The van der Waals surface area contributed by atoms with Crippen LogP contribution in [-0.4, -0.2) is 76.7 Å². The molecule has 1 saturated heterocycles. The van der Waals surface area contributed by atoms with Gasteiger partial charge in [-0.25, -0.2) is 23.8 Å². The van der Waals surface area contributed by atoms with Gasteiger partial charge in [-0.3, -0.25) is 14.3 Å². The lowest BCUT2D eigenvalue weighted by Crippen LogP contribution is -2.55. The third kappa shape index (κ3) is 6.15. The Labute approximate surface area is 247 Å². The van der Waals surface area contributed by atoms with Crippen molar-refractivity contribution >= 4 is 43.9 Å². The standard InChI is InChI=1S/C25H27F5N8O3S2/c1-13(2)23(39)37-8-7-36(11-14(37)3)17-10-15(43(40,41)35-24(31-4)5-6-24)9-16-18(21-32-33-22(42-21)20(26)27)34-38(19(16)17)12-25(28,29)30/h9-10,13-14,20,35H,5-8,11-12H2,1-3H3/t14-/m1/s1. The summed E-state index contributed by atoms with van der Waals surface area (Å²) in [5, 5.41) is 10.3. The molecule has 11 nitrogen and oxygen atoms in total. The quantitative estimate of drug-likeness (QED) is 0.284. The minimum Gasteiger partial charge on any atom is -0.366 e. The average Bonchev–Trinajstić information content (AvgIpc) is 3.34. The second-order valence-corrected chi connectivity index (χ2v) is 13.6. The monoisotopic (exact) mass is 646 g/mol. The van der Waals surface area contributed by atoms with Crippen molar-refractivity contribution in [2.45, 2.75) is 69.4 Å². The van der Waals surface area contributed by atoms with Gasteiger partial charge in [-0.2, -0.15) is 18.3 Å². The van der Waals surface area contributed by atoms with E-state index in [1.54, 1.807) is 30.6 Å². The van der Waals surface area contributed by atoms with Gasteiger partial charge >= 0.3 is 6.18 Å². The minimum atomic E-state index is -4.74. The van der Waals surface area contributed by atoms with E-state index in [2.05, 4.69) is 24.9 Å². The highest BCUT2D eigenvalue weighted by atomic mass is 32.2. The molecule has 0 radical (unpaired) electrons. The molecule has 0 spiro atoms. The fraction of sp³-hybridized carbons (Fsp3) is 0.560. The molecule has 1 aliphatic carbocycles. The number of amides is 1. The van der Waals surface area contributed by atoms with Gasteiger partial charge in [0.15, 0.2) is 10.0 Å². The first-order valence-corrected chi connectivity index (χ1v) is 15.6. The van der Waals surface area contributed by atoms with Crippen molar-refractivity contribution in [3.8, 4) is 10.7 Å². The van der Waals surface area contributed by atoms with Crippen LogP contribution in [0.3, 0.4) is 0 Å². The van der Waals surface area contributed by atoms with Crippen LogP contribution in [0.25, 0.3) is 26.4 Å². The zero-order valence-electron chi connectivity index (χ0n) is 23.2. The molecule has 1 amide bonds. The predicted molar refractivity (Wildman–Crippen MR) is 147 cm³/mol. The van der Waals surface area contributed by atoms with Crippen LogP contribution in [0.4, 0.5) is 27.6 Å². The Kier molecular flexibility index (Phi) is 7.88. The number of hydrogen-bond acceptors (Lipinski definition) is 8. The first kappa shape index (κ1) is 31.0. The third-order valence-electron chi connectivity index (χ3n) is 7.27. The summed E-state index contributed by atoms with van der Waals surface area (Å²) in [6, 6.07) is 1.96. The summed E-state index contributed by atoms with van der Waals surface area (Å²) in [5.74, 6) is -0.375. The number of alkyl halides is 5. The average molecular weight is 647 g/mol. The van der Waals surface area contributed by atoms with Crippen molar-refractivity contribution in [2.24, 2.45) is 5.92 Å². The van der Waals surface area contributed by atoms with Gasteiger partial charge in [0, 0.05) is 37.0 Å². The summed E-state index contributed by atoms with van der Waals surface area (Å²) in [6.45, 7) is 11.7. The highest BCUT2D eigenvalue weighted by molar-refractivity contribution is 7.89. The summed E-state index contributed by atoms with van der Waals surface area (Å²) in [7, 11) is -4.37. The number of aromatic nitrogens is 4. The SMILES string of the molecule is [C-]#[N+]C1(NS(=O)(=O)c2cc(N3CCN(C(=O)C(C)C)[C@H](C)C3)c3c(c2)c(-c2nnc(C(F)F)s2)nn3CC(F)(F)F)CC1. The van der Waals surface area contributed by atoms with Gasteiger partial charge < -0.3 is 9.80 Å². The second kappa shape index (κ2) is 10.9. The predicted octanol–water partition coefficient (Wildman–Crippen LogP) is 4.44. The molecular weight excluding hydrogens is 619 g/mol. The highest BCUT2D eigenvalue weighted by Gasteiger charge is 2.54. The number of halogens is 5. The lowest BCUT2D eigenvalue weighted by atomic mass is 10.1. The van der Waals surface area contributed by atoms with Crippen molar-refractivity contribution in [1.29, 1.82) is 0 Å².